The van der Waals surface area contributed by atoms with Gasteiger partial charge in [-0.25, -0.2) is 0 Å². The molecule has 1 heterocycles. The van der Waals surface area contributed by atoms with Crippen molar-refractivity contribution in [2.75, 3.05) is 13.1 Å². The number of aliphatic carboxylic acids is 1. The van der Waals surface area contributed by atoms with Gasteiger partial charge in [0.15, 0.2) is 0 Å². The fraction of sp³-hybridized carbons (Fsp3) is 0.600. The molecule has 0 spiro atoms. The molecule has 1 N–H and O–H groups in total. The topological polar surface area (TPSA) is 57.6 Å². The Labute approximate surface area is 83.2 Å². The van der Waals surface area contributed by atoms with Crippen molar-refractivity contribution in [2.24, 2.45) is 5.41 Å². The normalized spacial score (nSPS) is 16.8. The molecule has 0 aromatic heterocycles. The first-order valence-electron chi connectivity index (χ1n) is 4.54. The van der Waals surface area contributed by atoms with Gasteiger partial charge in [0, 0.05) is 20.0 Å². The van der Waals surface area contributed by atoms with Gasteiger partial charge >= 0.3 is 5.97 Å². The number of carboxylic acids is 1. The quantitative estimate of drug-likeness (QED) is 0.669. The lowest BCUT2D eigenvalue weighted by Gasteiger charge is -2.22. The first kappa shape index (κ1) is 10.8. The number of hydrogen-bond acceptors (Lipinski definition) is 2. The fourth-order valence-corrected chi connectivity index (χ4v) is 1.39. The molecule has 0 aromatic rings. The van der Waals surface area contributed by atoms with E-state index < -0.39 is 11.4 Å². The molecule has 14 heavy (non-hydrogen) atoms. The standard InChI is InChI=1S/C10H15NO3/c1-7(12)11-5-4-8(6-11)10(2,3)9(13)14/h4H,5-6H2,1-3H3,(H,13,14). The van der Waals surface area contributed by atoms with E-state index in [4.69, 9.17) is 5.11 Å². The lowest BCUT2D eigenvalue weighted by Crippen LogP contribution is -2.32. The Bertz CT molecular complexity index is 304. The molecule has 4 nitrogen and oxygen atoms in total. The minimum atomic E-state index is -0.871. The van der Waals surface area contributed by atoms with E-state index in [1.54, 1.807) is 18.7 Å². The third-order valence-corrected chi connectivity index (χ3v) is 2.70. The van der Waals surface area contributed by atoms with Gasteiger partial charge in [-0.15, -0.1) is 0 Å². The summed E-state index contributed by atoms with van der Waals surface area (Å²) >= 11 is 0. The summed E-state index contributed by atoms with van der Waals surface area (Å²) in [6, 6.07) is 0. The fourth-order valence-electron chi connectivity index (χ4n) is 1.39. The summed E-state index contributed by atoms with van der Waals surface area (Å²) in [6.07, 6.45) is 1.83. The predicted molar refractivity (Wildman–Crippen MR) is 51.8 cm³/mol. The van der Waals surface area contributed by atoms with Crippen molar-refractivity contribution in [1.29, 1.82) is 0 Å². The van der Waals surface area contributed by atoms with Gasteiger partial charge < -0.3 is 10.0 Å². The maximum atomic E-state index is 11.0. The highest BCUT2D eigenvalue weighted by atomic mass is 16.4. The molecule has 0 aromatic carbocycles. The molecule has 0 saturated carbocycles. The molecule has 0 aliphatic carbocycles. The average Bonchev–Trinajstić information content (AvgIpc) is 2.51. The van der Waals surface area contributed by atoms with E-state index in [0.717, 1.165) is 5.57 Å². The predicted octanol–water partition coefficient (Wildman–Crippen LogP) is 0.886. The van der Waals surface area contributed by atoms with Crippen LogP contribution >= 0.6 is 0 Å². The Kier molecular flexibility index (Phi) is 2.64. The van der Waals surface area contributed by atoms with Crippen molar-refractivity contribution in [3.8, 4) is 0 Å². The Hall–Kier alpha value is -1.32. The van der Waals surface area contributed by atoms with Gasteiger partial charge in [0.05, 0.1) is 5.41 Å². The second-order valence-electron chi connectivity index (χ2n) is 4.06. The zero-order chi connectivity index (χ0) is 10.9. The molecule has 4 heteroatoms. The molecule has 1 rings (SSSR count). The SMILES string of the molecule is CC(=O)N1CC=C(C(C)(C)C(=O)O)C1. The number of rotatable bonds is 2. The molecular weight excluding hydrogens is 182 g/mol. The number of hydrogen-bond donors (Lipinski definition) is 1. The molecule has 0 unspecified atom stereocenters. The van der Waals surface area contributed by atoms with Crippen molar-refractivity contribution >= 4 is 11.9 Å². The highest BCUT2D eigenvalue weighted by Crippen LogP contribution is 2.30. The molecule has 0 bridgehead atoms. The summed E-state index contributed by atoms with van der Waals surface area (Å²) in [5.74, 6) is -0.869. The summed E-state index contributed by atoms with van der Waals surface area (Å²) in [7, 11) is 0. The Morgan fingerprint density at radius 1 is 1.50 bits per heavy atom. The highest BCUT2D eigenvalue weighted by molar-refractivity contribution is 5.79. The van der Waals surface area contributed by atoms with Crippen LogP contribution in [-0.4, -0.2) is 35.0 Å². The largest absolute Gasteiger partial charge is 0.481 e. The Morgan fingerprint density at radius 3 is 2.43 bits per heavy atom. The average molecular weight is 197 g/mol. The molecule has 0 radical (unpaired) electrons. The van der Waals surface area contributed by atoms with Gasteiger partial charge in [-0.3, -0.25) is 9.59 Å². The minimum absolute atomic E-state index is 0.0163. The van der Waals surface area contributed by atoms with Crippen LogP contribution in [0.15, 0.2) is 11.6 Å². The molecular formula is C10H15NO3. The van der Waals surface area contributed by atoms with Gasteiger partial charge in [-0.05, 0) is 19.4 Å². The van der Waals surface area contributed by atoms with Crippen LogP contribution in [0.5, 0.6) is 0 Å². The summed E-state index contributed by atoms with van der Waals surface area (Å²) in [6.45, 7) is 5.77. The van der Waals surface area contributed by atoms with Crippen molar-refractivity contribution in [3.05, 3.63) is 11.6 Å². The van der Waals surface area contributed by atoms with E-state index in [-0.39, 0.29) is 5.91 Å². The van der Waals surface area contributed by atoms with Gasteiger partial charge in [0.1, 0.15) is 0 Å². The first-order chi connectivity index (χ1) is 6.35. The Morgan fingerprint density at radius 2 is 2.07 bits per heavy atom. The summed E-state index contributed by atoms with van der Waals surface area (Å²) < 4.78 is 0. The maximum absolute atomic E-state index is 11.0. The van der Waals surface area contributed by atoms with Crippen LogP contribution in [0.25, 0.3) is 0 Å². The zero-order valence-electron chi connectivity index (χ0n) is 8.70. The summed E-state index contributed by atoms with van der Waals surface area (Å²) in [5, 5.41) is 8.98. The number of carbonyl (C=O) groups excluding carboxylic acids is 1. The maximum Gasteiger partial charge on any atom is 0.313 e. The van der Waals surface area contributed by atoms with Crippen LogP contribution in [0.3, 0.4) is 0 Å². The second-order valence-corrected chi connectivity index (χ2v) is 4.06. The van der Waals surface area contributed by atoms with Crippen molar-refractivity contribution in [1.82, 2.24) is 4.90 Å². The third-order valence-electron chi connectivity index (χ3n) is 2.70. The van der Waals surface area contributed by atoms with E-state index in [2.05, 4.69) is 0 Å². The molecule has 78 valence electrons. The van der Waals surface area contributed by atoms with Crippen LogP contribution in [0, 0.1) is 5.41 Å². The number of nitrogens with zero attached hydrogens (tertiary/aromatic N) is 1. The summed E-state index contributed by atoms with van der Waals surface area (Å²) in [4.78, 5) is 23.6. The second kappa shape index (κ2) is 3.44. The van der Waals surface area contributed by atoms with Gasteiger partial charge in [-0.1, -0.05) is 6.08 Å². The zero-order valence-corrected chi connectivity index (χ0v) is 8.70. The number of amides is 1. The van der Waals surface area contributed by atoms with E-state index in [1.807, 2.05) is 6.08 Å². The monoisotopic (exact) mass is 197 g/mol. The van der Waals surface area contributed by atoms with Crippen molar-refractivity contribution < 1.29 is 14.7 Å². The van der Waals surface area contributed by atoms with Crippen LogP contribution in [0.1, 0.15) is 20.8 Å². The molecule has 0 fully saturated rings. The van der Waals surface area contributed by atoms with Gasteiger partial charge in [-0.2, -0.15) is 0 Å². The van der Waals surface area contributed by atoms with E-state index in [9.17, 15) is 9.59 Å². The van der Waals surface area contributed by atoms with Crippen molar-refractivity contribution in [2.45, 2.75) is 20.8 Å². The van der Waals surface area contributed by atoms with Crippen LogP contribution in [0.4, 0.5) is 0 Å². The van der Waals surface area contributed by atoms with E-state index in [0.29, 0.717) is 13.1 Å². The number of carboxylic acid groups (broad SMARTS) is 1. The van der Waals surface area contributed by atoms with Gasteiger partial charge in [0.2, 0.25) is 5.91 Å². The smallest absolute Gasteiger partial charge is 0.313 e. The third kappa shape index (κ3) is 1.78. The molecule has 1 aliphatic rings. The van der Waals surface area contributed by atoms with E-state index >= 15 is 0 Å². The lowest BCUT2D eigenvalue weighted by atomic mass is 9.85. The van der Waals surface area contributed by atoms with E-state index in [1.165, 1.54) is 6.92 Å². The molecule has 1 aliphatic heterocycles. The molecule has 1 amide bonds. The van der Waals surface area contributed by atoms with Crippen molar-refractivity contribution in [3.63, 3.8) is 0 Å². The van der Waals surface area contributed by atoms with Crippen LogP contribution in [0.2, 0.25) is 0 Å². The van der Waals surface area contributed by atoms with Gasteiger partial charge in [0.25, 0.3) is 0 Å². The Balaban J connectivity index is 2.75. The minimum Gasteiger partial charge on any atom is -0.481 e. The van der Waals surface area contributed by atoms with Crippen LogP contribution in [-0.2, 0) is 9.59 Å². The summed E-state index contributed by atoms with van der Waals surface area (Å²) in [5.41, 5.74) is -0.0651. The molecule has 0 atom stereocenters. The lowest BCUT2D eigenvalue weighted by molar-refractivity contribution is -0.145. The highest BCUT2D eigenvalue weighted by Gasteiger charge is 2.35. The first-order valence-corrected chi connectivity index (χ1v) is 4.54. The number of carbonyl (C=O) groups is 2. The van der Waals surface area contributed by atoms with Crippen LogP contribution < -0.4 is 0 Å². The molecule has 0 saturated heterocycles.